The van der Waals surface area contributed by atoms with Crippen LogP contribution in [0.25, 0.3) is 0 Å². The minimum atomic E-state index is -0.0200. The Bertz CT molecular complexity index is 410. The third-order valence-electron chi connectivity index (χ3n) is 2.78. The smallest absolute Gasteiger partial charge is 0.234 e. The Morgan fingerprint density at radius 2 is 2.33 bits per heavy atom. The minimum absolute atomic E-state index is 0.0200. The molecule has 1 fully saturated rings. The SMILES string of the molecule is O=C(CSC1CCNCC1)Nc1cnccc1Cl. The number of hydrogen-bond donors (Lipinski definition) is 2. The molecule has 6 heteroatoms. The molecule has 1 saturated heterocycles. The number of rotatable bonds is 4. The fourth-order valence-corrected chi connectivity index (χ4v) is 2.99. The first-order valence-electron chi connectivity index (χ1n) is 5.97. The van der Waals surface area contributed by atoms with Gasteiger partial charge in [-0.2, -0.15) is 0 Å². The molecule has 0 radical (unpaired) electrons. The van der Waals surface area contributed by atoms with Crippen LogP contribution in [0.5, 0.6) is 0 Å². The van der Waals surface area contributed by atoms with Gasteiger partial charge in [-0.1, -0.05) is 11.6 Å². The molecule has 2 rings (SSSR count). The zero-order valence-electron chi connectivity index (χ0n) is 9.99. The number of anilines is 1. The number of piperidine rings is 1. The van der Waals surface area contributed by atoms with Crippen LogP contribution >= 0.6 is 23.4 Å². The molecule has 0 aliphatic carbocycles. The van der Waals surface area contributed by atoms with Gasteiger partial charge in [0.15, 0.2) is 0 Å². The molecule has 0 aromatic carbocycles. The molecule has 0 atom stereocenters. The van der Waals surface area contributed by atoms with Crippen LogP contribution in [0.4, 0.5) is 5.69 Å². The summed E-state index contributed by atoms with van der Waals surface area (Å²) >= 11 is 7.66. The van der Waals surface area contributed by atoms with E-state index in [0.29, 0.717) is 21.7 Å². The van der Waals surface area contributed by atoms with Gasteiger partial charge in [-0.15, -0.1) is 11.8 Å². The van der Waals surface area contributed by atoms with Crippen molar-refractivity contribution in [1.82, 2.24) is 10.3 Å². The van der Waals surface area contributed by atoms with E-state index in [1.165, 1.54) is 0 Å². The average molecular weight is 286 g/mol. The van der Waals surface area contributed by atoms with Gasteiger partial charge in [0.25, 0.3) is 0 Å². The molecule has 2 N–H and O–H groups in total. The monoisotopic (exact) mass is 285 g/mol. The van der Waals surface area contributed by atoms with Crippen molar-refractivity contribution in [3.05, 3.63) is 23.5 Å². The van der Waals surface area contributed by atoms with Crippen LogP contribution in [0, 0.1) is 0 Å². The van der Waals surface area contributed by atoms with Crippen molar-refractivity contribution in [3.63, 3.8) is 0 Å². The maximum atomic E-state index is 11.8. The molecule has 0 spiro atoms. The second-order valence-electron chi connectivity index (χ2n) is 4.16. The number of halogens is 1. The summed E-state index contributed by atoms with van der Waals surface area (Å²) in [5.41, 5.74) is 0.579. The summed E-state index contributed by atoms with van der Waals surface area (Å²) in [5, 5.41) is 7.19. The first-order chi connectivity index (χ1) is 8.75. The molecule has 1 amide bonds. The van der Waals surface area contributed by atoms with E-state index in [1.807, 2.05) is 0 Å². The van der Waals surface area contributed by atoms with Crippen molar-refractivity contribution >= 4 is 35.0 Å². The van der Waals surface area contributed by atoms with Gasteiger partial charge in [0.2, 0.25) is 5.91 Å². The molecular weight excluding hydrogens is 270 g/mol. The standard InChI is InChI=1S/C12H16ClN3OS/c13-10-3-6-15-7-11(10)16-12(17)8-18-9-1-4-14-5-2-9/h3,6-7,9,14H,1-2,4-5,8H2,(H,16,17). The Hall–Kier alpha value is -0.780. The second kappa shape index (κ2) is 6.97. The number of carbonyl (C=O) groups is 1. The Kier molecular flexibility index (Phi) is 5.28. The summed E-state index contributed by atoms with van der Waals surface area (Å²) in [6.07, 6.45) is 5.42. The molecule has 1 aliphatic rings. The molecular formula is C12H16ClN3OS. The number of nitrogens with zero attached hydrogens (tertiary/aromatic N) is 1. The van der Waals surface area contributed by atoms with Crippen molar-refractivity contribution in [2.75, 3.05) is 24.2 Å². The van der Waals surface area contributed by atoms with Gasteiger partial charge >= 0.3 is 0 Å². The molecule has 18 heavy (non-hydrogen) atoms. The van der Waals surface area contributed by atoms with Crippen LogP contribution in [0.3, 0.4) is 0 Å². The zero-order chi connectivity index (χ0) is 12.8. The van der Waals surface area contributed by atoms with Crippen LogP contribution in [0.2, 0.25) is 5.02 Å². The largest absolute Gasteiger partial charge is 0.323 e. The molecule has 0 bridgehead atoms. The summed E-state index contributed by atoms with van der Waals surface area (Å²) in [4.78, 5) is 15.7. The van der Waals surface area contributed by atoms with Crippen molar-refractivity contribution < 1.29 is 4.79 Å². The van der Waals surface area contributed by atoms with Crippen LogP contribution in [-0.2, 0) is 4.79 Å². The Labute approximate surface area is 116 Å². The fraction of sp³-hybridized carbons (Fsp3) is 0.500. The lowest BCUT2D eigenvalue weighted by Gasteiger charge is -2.21. The topological polar surface area (TPSA) is 54.0 Å². The van der Waals surface area contributed by atoms with E-state index in [4.69, 9.17) is 11.6 Å². The van der Waals surface area contributed by atoms with E-state index in [2.05, 4.69) is 15.6 Å². The van der Waals surface area contributed by atoms with Crippen molar-refractivity contribution in [2.45, 2.75) is 18.1 Å². The van der Waals surface area contributed by atoms with Gasteiger partial charge in [-0.05, 0) is 32.0 Å². The summed E-state index contributed by atoms with van der Waals surface area (Å²) in [6.45, 7) is 2.10. The van der Waals surface area contributed by atoms with Gasteiger partial charge in [0.1, 0.15) is 0 Å². The molecule has 0 unspecified atom stereocenters. The first kappa shape index (κ1) is 13.6. The highest BCUT2D eigenvalue weighted by molar-refractivity contribution is 8.00. The van der Waals surface area contributed by atoms with Gasteiger partial charge in [0.05, 0.1) is 22.7 Å². The minimum Gasteiger partial charge on any atom is -0.323 e. The highest BCUT2D eigenvalue weighted by Gasteiger charge is 2.15. The first-order valence-corrected chi connectivity index (χ1v) is 7.40. The van der Waals surface area contributed by atoms with E-state index in [9.17, 15) is 4.79 Å². The predicted molar refractivity (Wildman–Crippen MR) is 76.2 cm³/mol. The van der Waals surface area contributed by atoms with E-state index >= 15 is 0 Å². The molecule has 1 aromatic rings. The lowest BCUT2D eigenvalue weighted by atomic mass is 10.2. The third kappa shape index (κ3) is 4.15. The normalized spacial score (nSPS) is 16.5. The summed E-state index contributed by atoms with van der Waals surface area (Å²) in [5.74, 6) is 0.448. The van der Waals surface area contributed by atoms with Crippen LogP contribution < -0.4 is 10.6 Å². The van der Waals surface area contributed by atoms with Crippen molar-refractivity contribution in [3.8, 4) is 0 Å². The van der Waals surface area contributed by atoms with Gasteiger partial charge in [-0.3, -0.25) is 9.78 Å². The van der Waals surface area contributed by atoms with Gasteiger partial charge in [-0.25, -0.2) is 0 Å². The predicted octanol–water partition coefficient (Wildman–Crippen LogP) is 2.16. The van der Waals surface area contributed by atoms with E-state index < -0.39 is 0 Å². The summed E-state index contributed by atoms with van der Waals surface area (Å²) < 4.78 is 0. The number of carbonyl (C=O) groups excluding carboxylic acids is 1. The van der Waals surface area contributed by atoms with E-state index in [-0.39, 0.29) is 5.91 Å². The fourth-order valence-electron chi connectivity index (χ4n) is 1.81. The number of thioether (sulfide) groups is 1. The average Bonchev–Trinajstić information content (AvgIpc) is 2.40. The van der Waals surface area contributed by atoms with Gasteiger partial charge in [0, 0.05) is 11.4 Å². The quantitative estimate of drug-likeness (QED) is 0.890. The van der Waals surface area contributed by atoms with Crippen molar-refractivity contribution in [1.29, 1.82) is 0 Å². The van der Waals surface area contributed by atoms with Crippen LogP contribution in [0.15, 0.2) is 18.5 Å². The highest BCUT2D eigenvalue weighted by atomic mass is 35.5. The molecule has 0 saturated carbocycles. The van der Waals surface area contributed by atoms with Crippen molar-refractivity contribution in [2.24, 2.45) is 0 Å². The maximum absolute atomic E-state index is 11.8. The Morgan fingerprint density at radius 3 is 3.06 bits per heavy atom. The zero-order valence-corrected chi connectivity index (χ0v) is 11.6. The number of aromatic nitrogens is 1. The summed E-state index contributed by atoms with van der Waals surface area (Å²) in [6, 6.07) is 1.66. The highest BCUT2D eigenvalue weighted by Crippen LogP contribution is 2.22. The second-order valence-corrected chi connectivity index (χ2v) is 5.86. The summed E-state index contributed by atoms with van der Waals surface area (Å²) in [7, 11) is 0. The van der Waals surface area contributed by atoms with E-state index in [0.717, 1.165) is 25.9 Å². The maximum Gasteiger partial charge on any atom is 0.234 e. The number of pyridine rings is 1. The molecule has 2 heterocycles. The molecule has 1 aliphatic heterocycles. The lowest BCUT2D eigenvalue weighted by Crippen LogP contribution is -2.30. The molecule has 1 aromatic heterocycles. The number of nitrogens with one attached hydrogen (secondary N) is 2. The van der Waals surface area contributed by atoms with Gasteiger partial charge < -0.3 is 10.6 Å². The molecule has 4 nitrogen and oxygen atoms in total. The third-order valence-corrected chi connectivity index (χ3v) is 4.48. The van der Waals surface area contributed by atoms with Crippen LogP contribution in [-0.4, -0.2) is 35.0 Å². The number of hydrogen-bond acceptors (Lipinski definition) is 4. The van der Waals surface area contributed by atoms with E-state index in [1.54, 1.807) is 30.2 Å². The Balaban J connectivity index is 1.76. The molecule has 98 valence electrons. The Morgan fingerprint density at radius 1 is 1.56 bits per heavy atom. The van der Waals surface area contributed by atoms with Crippen LogP contribution in [0.1, 0.15) is 12.8 Å². The lowest BCUT2D eigenvalue weighted by molar-refractivity contribution is -0.113. The number of amides is 1.